The average molecular weight is 287 g/mol. The fourth-order valence-electron chi connectivity index (χ4n) is 1.91. The molecule has 0 aromatic heterocycles. The lowest BCUT2D eigenvalue weighted by Crippen LogP contribution is -2.48. The Morgan fingerprint density at radius 1 is 1.30 bits per heavy atom. The number of nitrogens with zero attached hydrogens (tertiary/aromatic N) is 1. The number of carbonyl (C=O) groups excluding carboxylic acids is 2. The Labute approximate surface area is 117 Å². The summed E-state index contributed by atoms with van der Waals surface area (Å²) in [7, 11) is 0. The third-order valence-corrected chi connectivity index (χ3v) is 2.93. The molecule has 20 heavy (non-hydrogen) atoms. The molecular weight excluding hydrogens is 266 g/mol. The van der Waals surface area contributed by atoms with E-state index in [1.807, 2.05) is 13.8 Å². The lowest BCUT2D eigenvalue weighted by molar-refractivity contribution is -0.141. The summed E-state index contributed by atoms with van der Waals surface area (Å²) in [4.78, 5) is 35.2. The fraction of sp³-hybridized carbons (Fsp3) is 0.750. The lowest BCUT2D eigenvalue weighted by atomic mass is 10.2. The summed E-state index contributed by atoms with van der Waals surface area (Å²) in [6.45, 7) is 4.14. The molecule has 0 aliphatic carbocycles. The lowest BCUT2D eigenvalue weighted by Gasteiger charge is -2.21. The Morgan fingerprint density at radius 3 is 2.50 bits per heavy atom. The van der Waals surface area contributed by atoms with Crippen LogP contribution in [-0.4, -0.2) is 64.8 Å². The molecule has 8 nitrogen and oxygen atoms in total. The molecule has 0 aromatic rings. The first-order valence-electron chi connectivity index (χ1n) is 6.53. The van der Waals surface area contributed by atoms with Crippen LogP contribution < -0.4 is 10.6 Å². The van der Waals surface area contributed by atoms with Crippen molar-refractivity contribution in [2.24, 2.45) is 5.92 Å². The molecule has 2 unspecified atom stereocenters. The van der Waals surface area contributed by atoms with Crippen molar-refractivity contribution < 1.29 is 24.6 Å². The number of carboxylic acid groups (broad SMARTS) is 1. The number of aliphatic hydroxyl groups is 1. The highest BCUT2D eigenvalue weighted by molar-refractivity contribution is 5.87. The summed E-state index contributed by atoms with van der Waals surface area (Å²) in [5.74, 6) is -1.19. The van der Waals surface area contributed by atoms with Gasteiger partial charge in [-0.1, -0.05) is 13.8 Å². The van der Waals surface area contributed by atoms with Gasteiger partial charge in [-0.25, -0.2) is 9.59 Å². The van der Waals surface area contributed by atoms with E-state index in [4.69, 9.17) is 5.11 Å². The van der Waals surface area contributed by atoms with Crippen molar-refractivity contribution in [1.82, 2.24) is 15.5 Å². The molecule has 3 amide bonds. The number of likely N-dealkylation sites (tertiary alicyclic amines) is 1. The predicted molar refractivity (Wildman–Crippen MR) is 70.0 cm³/mol. The summed E-state index contributed by atoms with van der Waals surface area (Å²) in [6.07, 6.45) is -0.848. The molecular formula is C12H21N3O5. The smallest absolute Gasteiger partial charge is 0.326 e. The van der Waals surface area contributed by atoms with Crippen LogP contribution in [0.25, 0.3) is 0 Å². The van der Waals surface area contributed by atoms with E-state index in [2.05, 4.69) is 10.6 Å². The molecule has 1 heterocycles. The van der Waals surface area contributed by atoms with Gasteiger partial charge in [0.1, 0.15) is 6.04 Å². The molecule has 1 rings (SSSR count). The molecule has 2 atom stereocenters. The fourth-order valence-corrected chi connectivity index (χ4v) is 1.91. The minimum Gasteiger partial charge on any atom is -0.480 e. The Morgan fingerprint density at radius 2 is 1.95 bits per heavy atom. The third-order valence-electron chi connectivity index (χ3n) is 2.93. The van der Waals surface area contributed by atoms with E-state index in [1.54, 1.807) is 0 Å². The van der Waals surface area contributed by atoms with Crippen molar-refractivity contribution in [2.75, 3.05) is 19.6 Å². The zero-order valence-electron chi connectivity index (χ0n) is 11.6. The highest BCUT2D eigenvalue weighted by Crippen LogP contribution is 2.17. The van der Waals surface area contributed by atoms with Crippen LogP contribution in [0.5, 0.6) is 0 Å². The molecule has 8 heteroatoms. The second kappa shape index (κ2) is 7.09. The predicted octanol–water partition coefficient (Wildman–Crippen LogP) is -1.01. The number of carboxylic acids is 1. The number of hydrogen-bond acceptors (Lipinski definition) is 4. The molecule has 1 fully saturated rings. The van der Waals surface area contributed by atoms with Crippen LogP contribution in [0.4, 0.5) is 4.79 Å². The summed E-state index contributed by atoms with van der Waals surface area (Å²) < 4.78 is 0. The van der Waals surface area contributed by atoms with Gasteiger partial charge in [-0.3, -0.25) is 4.79 Å². The minimum absolute atomic E-state index is 0.00228. The van der Waals surface area contributed by atoms with Gasteiger partial charge < -0.3 is 25.7 Å². The maximum absolute atomic E-state index is 11.8. The topological polar surface area (TPSA) is 119 Å². The zero-order chi connectivity index (χ0) is 15.3. The van der Waals surface area contributed by atoms with Crippen LogP contribution in [0.2, 0.25) is 0 Å². The summed E-state index contributed by atoms with van der Waals surface area (Å²) in [5.41, 5.74) is 0. The van der Waals surface area contributed by atoms with Crippen molar-refractivity contribution in [1.29, 1.82) is 0 Å². The highest BCUT2D eigenvalue weighted by atomic mass is 16.4. The maximum Gasteiger partial charge on any atom is 0.326 e. The van der Waals surface area contributed by atoms with E-state index in [0.717, 1.165) is 4.90 Å². The van der Waals surface area contributed by atoms with Gasteiger partial charge in [-0.2, -0.15) is 0 Å². The van der Waals surface area contributed by atoms with Crippen molar-refractivity contribution in [3.8, 4) is 0 Å². The number of amides is 3. The van der Waals surface area contributed by atoms with E-state index in [1.165, 1.54) is 0 Å². The van der Waals surface area contributed by atoms with Crippen LogP contribution in [-0.2, 0) is 9.59 Å². The molecule has 4 N–H and O–H groups in total. The van der Waals surface area contributed by atoms with Gasteiger partial charge in [0.25, 0.3) is 0 Å². The van der Waals surface area contributed by atoms with Gasteiger partial charge in [-0.15, -0.1) is 0 Å². The number of urea groups is 1. The van der Waals surface area contributed by atoms with Gasteiger partial charge in [0, 0.05) is 19.5 Å². The standard InChI is InChI=1S/C12H21N3O5/c1-7(2)4-13-10(17)5-14-12(20)15-6-8(16)3-9(15)11(18)19/h7-9,16H,3-6H2,1-2H3,(H,13,17)(H,14,20)(H,18,19). The largest absolute Gasteiger partial charge is 0.480 e. The monoisotopic (exact) mass is 287 g/mol. The maximum atomic E-state index is 11.8. The number of nitrogens with one attached hydrogen (secondary N) is 2. The Bertz CT molecular complexity index is 385. The number of rotatable bonds is 5. The summed E-state index contributed by atoms with van der Waals surface area (Å²) in [6, 6.07) is -1.71. The average Bonchev–Trinajstić information content (AvgIpc) is 2.75. The highest BCUT2D eigenvalue weighted by Gasteiger charge is 2.38. The SMILES string of the molecule is CC(C)CNC(=O)CNC(=O)N1CC(O)CC1C(=O)O. The molecule has 0 radical (unpaired) electrons. The quantitative estimate of drug-likeness (QED) is 0.516. The van der Waals surface area contributed by atoms with Crippen LogP contribution in [0.1, 0.15) is 20.3 Å². The number of aliphatic hydroxyl groups excluding tert-OH is 1. The molecule has 1 saturated heterocycles. The van der Waals surface area contributed by atoms with Gasteiger partial charge >= 0.3 is 12.0 Å². The molecule has 0 spiro atoms. The van der Waals surface area contributed by atoms with Crippen LogP contribution in [0, 0.1) is 5.92 Å². The normalized spacial score (nSPS) is 21.9. The van der Waals surface area contributed by atoms with E-state index in [0.29, 0.717) is 12.5 Å². The van der Waals surface area contributed by atoms with Gasteiger partial charge in [0.2, 0.25) is 5.91 Å². The number of carbonyl (C=O) groups is 3. The number of β-amino-alcohol motifs (C(OH)–C–C–N with tert-alkyl or cyclic N) is 1. The van der Waals surface area contributed by atoms with Gasteiger partial charge in [0.15, 0.2) is 0 Å². The summed E-state index contributed by atoms with van der Waals surface area (Å²) >= 11 is 0. The minimum atomic E-state index is -1.17. The first kappa shape index (κ1) is 16.2. The second-order valence-corrected chi connectivity index (χ2v) is 5.25. The van der Waals surface area contributed by atoms with Crippen LogP contribution in [0.3, 0.4) is 0 Å². The number of aliphatic carboxylic acids is 1. The molecule has 1 aliphatic rings. The van der Waals surface area contributed by atoms with Crippen molar-refractivity contribution in [2.45, 2.75) is 32.4 Å². The van der Waals surface area contributed by atoms with Crippen LogP contribution in [0.15, 0.2) is 0 Å². The summed E-state index contributed by atoms with van der Waals surface area (Å²) in [5, 5.41) is 23.4. The van der Waals surface area contributed by atoms with E-state index < -0.39 is 24.1 Å². The van der Waals surface area contributed by atoms with Gasteiger partial charge in [-0.05, 0) is 5.92 Å². The molecule has 0 saturated carbocycles. The molecule has 114 valence electrons. The van der Waals surface area contributed by atoms with E-state index in [-0.39, 0.29) is 25.4 Å². The van der Waals surface area contributed by atoms with Crippen molar-refractivity contribution in [3.63, 3.8) is 0 Å². The Balaban J connectivity index is 2.42. The van der Waals surface area contributed by atoms with E-state index in [9.17, 15) is 19.5 Å². The molecule has 1 aliphatic heterocycles. The van der Waals surface area contributed by atoms with Gasteiger partial charge in [0.05, 0.1) is 12.6 Å². The van der Waals surface area contributed by atoms with Crippen molar-refractivity contribution in [3.05, 3.63) is 0 Å². The Hall–Kier alpha value is -1.83. The van der Waals surface area contributed by atoms with E-state index >= 15 is 0 Å². The van der Waals surface area contributed by atoms with Crippen LogP contribution >= 0.6 is 0 Å². The third kappa shape index (κ3) is 4.69. The number of hydrogen-bond donors (Lipinski definition) is 4. The first-order chi connectivity index (χ1) is 9.31. The first-order valence-corrected chi connectivity index (χ1v) is 6.53. The van der Waals surface area contributed by atoms with Crippen molar-refractivity contribution >= 4 is 17.9 Å². The zero-order valence-corrected chi connectivity index (χ0v) is 11.6. The molecule has 0 bridgehead atoms. The molecule has 0 aromatic carbocycles. The Kier molecular flexibility index (Phi) is 5.75. The second-order valence-electron chi connectivity index (χ2n) is 5.25.